The quantitative estimate of drug-likeness (QED) is 0.804. The van der Waals surface area contributed by atoms with Gasteiger partial charge in [-0.3, -0.25) is 9.59 Å². The molecular formula is C18H22N4O5. The van der Waals surface area contributed by atoms with E-state index in [9.17, 15) is 14.4 Å². The van der Waals surface area contributed by atoms with Gasteiger partial charge in [0.25, 0.3) is 0 Å². The van der Waals surface area contributed by atoms with Crippen LogP contribution >= 0.6 is 0 Å². The summed E-state index contributed by atoms with van der Waals surface area (Å²) in [5, 5.41) is 2.93. The molecule has 1 aromatic rings. The van der Waals surface area contributed by atoms with Gasteiger partial charge >= 0.3 is 6.03 Å². The lowest BCUT2D eigenvalue weighted by Gasteiger charge is -2.33. The molecule has 2 atom stereocenters. The molecule has 0 spiro atoms. The number of rotatable bonds is 3. The Morgan fingerprint density at radius 1 is 1.30 bits per heavy atom. The lowest BCUT2D eigenvalue weighted by atomic mass is 10.1. The van der Waals surface area contributed by atoms with Gasteiger partial charge in [-0.1, -0.05) is 6.07 Å². The molecule has 27 heavy (non-hydrogen) atoms. The second kappa shape index (κ2) is 6.64. The Kier molecular flexibility index (Phi) is 4.29. The summed E-state index contributed by atoms with van der Waals surface area (Å²) in [4.78, 5) is 41.5. The first-order valence-electron chi connectivity index (χ1n) is 8.87. The number of likely N-dealkylation sites (N-methyl/N-ethyl adjacent to an activating group) is 1. The molecule has 0 radical (unpaired) electrons. The second-order valence-electron chi connectivity index (χ2n) is 7.18. The molecule has 4 rings (SSSR count). The Balaban J connectivity index is 1.35. The molecule has 2 saturated heterocycles. The minimum Gasteiger partial charge on any atom is -0.454 e. The van der Waals surface area contributed by atoms with Crippen molar-refractivity contribution in [2.45, 2.75) is 25.0 Å². The van der Waals surface area contributed by atoms with E-state index in [-0.39, 0.29) is 37.2 Å². The molecule has 4 amide bonds. The zero-order valence-corrected chi connectivity index (χ0v) is 15.3. The van der Waals surface area contributed by atoms with Gasteiger partial charge in [-0.25, -0.2) is 4.79 Å². The van der Waals surface area contributed by atoms with Crippen molar-refractivity contribution in [3.8, 4) is 11.5 Å². The number of amides is 4. The van der Waals surface area contributed by atoms with E-state index in [2.05, 4.69) is 5.32 Å². The van der Waals surface area contributed by atoms with Gasteiger partial charge in [0.2, 0.25) is 18.6 Å². The maximum Gasteiger partial charge on any atom is 0.317 e. The van der Waals surface area contributed by atoms with Crippen molar-refractivity contribution < 1.29 is 23.9 Å². The molecule has 0 aromatic heterocycles. The van der Waals surface area contributed by atoms with E-state index in [1.807, 2.05) is 18.2 Å². The molecule has 3 heterocycles. The van der Waals surface area contributed by atoms with Crippen LogP contribution in [0.15, 0.2) is 18.2 Å². The van der Waals surface area contributed by atoms with Crippen molar-refractivity contribution in [2.24, 2.45) is 0 Å². The summed E-state index contributed by atoms with van der Waals surface area (Å²) in [6.45, 7) is 1.08. The van der Waals surface area contributed by atoms with Gasteiger partial charge < -0.3 is 29.5 Å². The summed E-state index contributed by atoms with van der Waals surface area (Å²) in [6, 6.07) is 4.62. The maximum absolute atomic E-state index is 12.5. The molecule has 0 saturated carbocycles. The Labute approximate surface area is 156 Å². The fourth-order valence-corrected chi connectivity index (χ4v) is 3.75. The highest BCUT2D eigenvalue weighted by Crippen LogP contribution is 2.32. The molecule has 1 aromatic carbocycles. The van der Waals surface area contributed by atoms with Crippen molar-refractivity contribution in [1.82, 2.24) is 20.0 Å². The number of fused-ring (bicyclic) bond motifs is 2. The third-order valence-electron chi connectivity index (χ3n) is 5.19. The van der Waals surface area contributed by atoms with Crippen LogP contribution in [0.5, 0.6) is 11.5 Å². The third kappa shape index (κ3) is 3.24. The van der Waals surface area contributed by atoms with Crippen molar-refractivity contribution in [2.75, 3.05) is 34.0 Å². The molecule has 9 heteroatoms. The average molecular weight is 374 g/mol. The molecule has 0 bridgehead atoms. The number of benzene rings is 1. The zero-order valence-electron chi connectivity index (χ0n) is 15.3. The van der Waals surface area contributed by atoms with Gasteiger partial charge in [0.15, 0.2) is 11.5 Å². The number of hydrogen-bond donors (Lipinski definition) is 1. The number of carbonyl (C=O) groups excluding carboxylic acids is 3. The molecule has 144 valence electrons. The molecule has 3 aliphatic heterocycles. The first-order valence-corrected chi connectivity index (χ1v) is 8.87. The zero-order chi connectivity index (χ0) is 19.1. The number of ether oxygens (including phenoxy) is 2. The fourth-order valence-electron chi connectivity index (χ4n) is 3.75. The summed E-state index contributed by atoms with van der Waals surface area (Å²) < 4.78 is 10.6. The lowest BCUT2D eigenvalue weighted by molar-refractivity contribution is -0.152. The smallest absolute Gasteiger partial charge is 0.317 e. The molecule has 0 unspecified atom stereocenters. The standard InChI is InChI=1S/C18H22N4O5/c1-20-9-16(23)22-8-12(6-13(22)17(20)24)19-18(25)21(2)7-11-3-4-14-15(5-11)27-10-26-14/h3-5,12-13H,6-10H2,1-2H3,(H,19,25)/t12-,13-/m0/s1. The van der Waals surface area contributed by atoms with Crippen molar-refractivity contribution >= 4 is 17.8 Å². The van der Waals surface area contributed by atoms with E-state index in [0.29, 0.717) is 31.0 Å². The van der Waals surface area contributed by atoms with Crippen LogP contribution in [-0.4, -0.2) is 78.6 Å². The van der Waals surface area contributed by atoms with E-state index in [0.717, 1.165) is 5.56 Å². The second-order valence-corrected chi connectivity index (χ2v) is 7.18. The molecule has 2 fully saturated rings. The fraction of sp³-hybridized carbons (Fsp3) is 0.500. The monoisotopic (exact) mass is 374 g/mol. The highest BCUT2D eigenvalue weighted by atomic mass is 16.7. The number of urea groups is 1. The Hall–Kier alpha value is -2.97. The Morgan fingerprint density at radius 3 is 2.89 bits per heavy atom. The minimum atomic E-state index is -0.472. The van der Waals surface area contributed by atoms with Crippen molar-refractivity contribution in [1.29, 1.82) is 0 Å². The first kappa shape index (κ1) is 17.4. The lowest BCUT2D eigenvalue weighted by Crippen LogP contribution is -2.55. The van der Waals surface area contributed by atoms with Gasteiger partial charge in [-0.2, -0.15) is 0 Å². The number of carbonyl (C=O) groups is 3. The SMILES string of the molecule is CN(Cc1ccc2c(c1)OCO2)C(=O)N[C@H]1C[C@H]2C(=O)N(C)CC(=O)N2C1. The Morgan fingerprint density at radius 2 is 2.07 bits per heavy atom. The van der Waals surface area contributed by atoms with Crippen LogP contribution in [0.3, 0.4) is 0 Å². The van der Waals surface area contributed by atoms with Gasteiger partial charge in [0, 0.05) is 27.2 Å². The summed E-state index contributed by atoms with van der Waals surface area (Å²) in [5.74, 6) is 1.23. The van der Waals surface area contributed by atoms with Crippen molar-refractivity contribution in [3.05, 3.63) is 23.8 Å². The Bertz CT molecular complexity index is 798. The third-order valence-corrected chi connectivity index (χ3v) is 5.19. The van der Waals surface area contributed by atoms with Gasteiger partial charge in [0.05, 0.1) is 12.6 Å². The number of piperazine rings is 1. The maximum atomic E-state index is 12.5. The van der Waals surface area contributed by atoms with E-state index >= 15 is 0 Å². The van der Waals surface area contributed by atoms with Crippen LogP contribution in [0.2, 0.25) is 0 Å². The van der Waals surface area contributed by atoms with Crippen LogP contribution in [0.25, 0.3) is 0 Å². The summed E-state index contributed by atoms with van der Waals surface area (Å²) in [6.07, 6.45) is 0.443. The molecule has 3 aliphatic rings. The van der Waals surface area contributed by atoms with Gasteiger partial charge in [-0.05, 0) is 24.1 Å². The van der Waals surface area contributed by atoms with Gasteiger partial charge in [0.1, 0.15) is 6.04 Å². The van der Waals surface area contributed by atoms with Crippen LogP contribution in [0, 0.1) is 0 Å². The number of hydrogen-bond acceptors (Lipinski definition) is 5. The molecular weight excluding hydrogens is 352 g/mol. The van der Waals surface area contributed by atoms with Crippen LogP contribution in [0.4, 0.5) is 4.79 Å². The summed E-state index contributed by atoms with van der Waals surface area (Å²) in [5.41, 5.74) is 0.924. The normalized spacial score (nSPS) is 23.5. The van der Waals surface area contributed by atoms with Crippen molar-refractivity contribution in [3.63, 3.8) is 0 Å². The average Bonchev–Trinajstić information content (AvgIpc) is 3.26. The predicted molar refractivity (Wildman–Crippen MR) is 94.1 cm³/mol. The highest BCUT2D eigenvalue weighted by Gasteiger charge is 2.45. The van der Waals surface area contributed by atoms with E-state index in [1.165, 1.54) is 4.90 Å². The molecule has 9 nitrogen and oxygen atoms in total. The van der Waals surface area contributed by atoms with Gasteiger partial charge in [-0.15, -0.1) is 0 Å². The van der Waals surface area contributed by atoms with E-state index in [1.54, 1.807) is 23.9 Å². The molecule has 1 N–H and O–H groups in total. The first-order chi connectivity index (χ1) is 12.9. The van der Waals surface area contributed by atoms with Crippen LogP contribution in [-0.2, 0) is 16.1 Å². The summed E-state index contributed by atoms with van der Waals surface area (Å²) >= 11 is 0. The number of nitrogens with one attached hydrogen (secondary N) is 1. The predicted octanol–water partition coefficient (Wildman–Crippen LogP) is -0.00180. The van der Waals surface area contributed by atoms with Crippen LogP contribution in [0.1, 0.15) is 12.0 Å². The van der Waals surface area contributed by atoms with E-state index in [4.69, 9.17) is 9.47 Å². The molecule has 0 aliphatic carbocycles. The highest BCUT2D eigenvalue weighted by molar-refractivity contribution is 5.95. The largest absolute Gasteiger partial charge is 0.454 e. The summed E-state index contributed by atoms with van der Waals surface area (Å²) in [7, 11) is 3.33. The number of nitrogens with zero attached hydrogens (tertiary/aromatic N) is 3. The van der Waals surface area contributed by atoms with Crippen LogP contribution < -0.4 is 14.8 Å². The minimum absolute atomic E-state index is 0.0694. The topological polar surface area (TPSA) is 91.4 Å². The van der Waals surface area contributed by atoms with E-state index < -0.39 is 6.04 Å².